The molecular formula is C51H62F3N9O8. The van der Waals surface area contributed by atoms with E-state index in [1.165, 1.54) is 32.5 Å². The Morgan fingerprint density at radius 2 is 1.66 bits per heavy atom. The molecule has 5 heterocycles. The Balaban J connectivity index is 0.932. The van der Waals surface area contributed by atoms with E-state index < -0.39 is 35.7 Å². The van der Waals surface area contributed by atoms with Gasteiger partial charge in [-0.25, -0.2) is 14.8 Å². The molecular weight excluding hydrogens is 924 g/mol. The van der Waals surface area contributed by atoms with Crippen molar-refractivity contribution in [2.24, 2.45) is 11.8 Å². The SMILES string of the molecule is COCC(=O)N1CCCC1(C)C(=O)N1CCN(c2ccc(NC(=O)c3ccc(-c4ccc(-c5cnc(C6CC7CCCCC7N6C(=O)C(NC(=O)OC)C(C)C)[nH]5)cc4)c(OC(F)(F)F)c3)cn2)C(C)C1. The van der Waals surface area contributed by atoms with E-state index in [9.17, 15) is 37.1 Å². The second kappa shape index (κ2) is 20.9. The number of halogens is 3. The number of imidazole rings is 1. The van der Waals surface area contributed by atoms with E-state index in [4.69, 9.17) is 14.5 Å². The fraction of sp³-hybridized carbons (Fsp3) is 0.510. The summed E-state index contributed by atoms with van der Waals surface area (Å²) in [6.45, 7) is 9.28. The molecule has 6 unspecified atom stereocenters. The Morgan fingerprint density at radius 3 is 2.34 bits per heavy atom. The monoisotopic (exact) mass is 985 g/mol. The van der Waals surface area contributed by atoms with E-state index in [1.54, 1.807) is 52.4 Å². The first-order valence-electron chi connectivity index (χ1n) is 24.2. The fourth-order valence-electron chi connectivity index (χ4n) is 10.9. The zero-order valence-electron chi connectivity index (χ0n) is 40.9. The second-order valence-electron chi connectivity index (χ2n) is 19.5. The molecule has 0 bridgehead atoms. The quantitative estimate of drug-likeness (QED) is 0.120. The number of methoxy groups -OCH3 is 2. The third kappa shape index (κ3) is 10.8. The zero-order chi connectivity index (χ0) is 50.8. The van der Waals surface area contributed by atoms with E-state index in [-0.39, 0.29) is 65.4 Å². The Morgan fingerprint density at radius 1 is 0.915 bits per heavy atom. The molecule has 5 amide bonds. The van der Waals surface area contributed by atoms with Crippen molar-refractivity contribution >= 4 is 41.2 Å². The second-order valence-corrected chi connectivity index (χ2v) is 19.5. The van der Waals surface area contributed by atoms with Gasteiger partial charge in [0.05, 0.1) is 36.9 Å². The number of rotatable bonds is 13. The van der Waals surface area contributed by atoms with Crippen LogP contribution < -0.4 is 20.3 Å². The molecule has 20 heteroatoms. The number of alkyl carbamates (subject to hydrolysis) is 1. The summed E-state index contributed by atoms with van der Waals surface area (Å²) in [5.41, 5.74) is 1.15. The lowest BCUT2D eigenvalue weighted by molar-refractivity contribution is -0.274. The van der Waals surface area contributed by atoms with E-state index in [0.717, 1.165) is 44.6 Å². The Hall–Kier alpha value is -6.70. The van der Waals surface area contributed by atoms with Crippen LogP contribution in [0.5, 0.6) is 5.75 Å². The average Bonchev–Trinajstić information content (AvgIpc) is 4.10. The summed E-state index contributed by atoms with van der Waals surface area (Å²) in [6, 6.07) is 12.8. The predicted octanol–water partition coefficient (Wildman–Crippen LogP) is 7.57. The summed E-state index contributed by atoms with van der Waals surface area (Å²) in [5, 5.41) is 5.44. The highest BCUT2D eigenvalue weighted by Gasteiger charge is 2.50. The number of amides is 5. The number of nitrogens with one attached hydrogen (secondary N) is 3. The van der Waals surface area contributed by atoms with Gasteiger partial charge < -0.3 is 49.4 Å². The van der Waals surface area contributed by atoms with Crippen LogP contribution in [-0.4, -0.2) is 136 Å². The van der Waals surface area contributed by atoms with Crippen molar-refractivity contribution in [3.05, 3.63) is 78.4 Å². The number of carbonyl (C=O) groups is 5. The molecule has 0 spiro atoms. The molecule has 8 rings (SSSR count). The average molecular weight is 986 g/mol. The van der Waals surface area contributed by atoms with Crippen LogP contribution in [0.15, 0.2) is 67.0 Å². The van der Waals surface area contributed by atoms with Gasteiger partial charge in [-0.15, -0.1) is 13.2 Å². The Labute approximate surface area is 410 Å². The smallest absolute Gasteiger partial charge is 0.453 e. The molecule has 380 valence electrons. The first-order chi connectivity index (χ1) is 33.9. The standard InChI is InChI=1S/C51H62F3N9O8/c1-30(2)44(59-49(68)70-6)47(66)63-39-11-8-7-10-34(39)24-40(63)45-56-27-38(58-45)33-14-12-32(13-15-33)37-18-16-35(25-41(37)71-51(52,53)54)46(65)57-36-17-19-42(55-26-36)61-23-22-60(28-31(61)3)48(67)50(4)20-9-21-62(50)43(64)29-69-5/h12-19,25-27,30-31,34,39-40,44H,7-11,20-24,28-29H2,1-6H3,(H,56,58)(H,57,65)(H,59,68). The molecule has 3 N–H and O–H groups in total. The number of piperazine rings is 1. The number of carbonyl (C=O) groups excluding carboxylic acids is 5. The van der Waals surface area contributed by atoms with Crippen molar-refractivity contribution in [1.29, 1.82) is 0 Å². The van der Waals surface area contributed by atoms with Crippen LogP contribution >= 0.6 is 0 Å². The number of hydrogen-bond acceptors (Lipinski definition) is 11. The molecule has 1 saturated carbocycles. The van der Waals surface area contributed by atoms with Gasteiger partial charge in [-0.2, -0.15) is 0 Å². The third-order valence-corrected chi connectivity index (χ3v) is 14.5. The topological polar surface area (TPSA) is 192 Å². The van der Waals surface area contributed by atoms with Crippen LogP contribution in [0.1, 0.15) is 94.9 Å². The van der Waals surface area contributed by atoms with Gasteiger partial charge in [0.15, 0.2) is 0 Å². The molecule has 3 saturated heterocycles. The van der Waals surface area contributed by atoms with Crippen LogP contribution in [0.3, 0.4) is 0 Å². The molecule has 1 aliphatic carbocycles. The number of nitrogens with zero attached hydrogens (tertiary/aromatic N) is 6. The molecule has 4 fully saturated rings. The van der Waals surface area contributed by atoms with Crippen LogP contribution in [0.25, 0.3) is 22.4 Å². The number of aromatic amines is 1. The van der Waals surface area contributed by atoms with Gasteiger partial charge >= 0.3 is 12.5 Å². The Bertz CT molecular complexity index is 2590. The third-order valence-electron chi connectivity index (χ3n) is 14.5. The van der Waals surface area contributed by atoms with Gasteiger partial charge in [0.25, 0.3) is 5.91 Å². The highest BCUT2D eigenvalue weighted by atomic mass is 19.4. The Kier molecular flexibility index (Phi) is 15.0. The summed E-state index contributed by atoms with van der Waals surface area (Å²) in [7, 11) is 2.71. The molecule has 3 aliphatic heterocycles. The number of anilines is 2. The first-order valence-corrected chi connectivity index (χ1v) is 24.2. The number of hydrogen-bond donors (Lipinski definition) is 3. The normalized spacial score (nSPS) is 22.8. The molecule has 2 aromatic carbocycles. The largest absolute Gasteiger partial charge is 0.573 e. The maximum absolute atomic E-state index is 14.2. The summed E-state index contributed by atoms with van der Waals surface area (Å²) in [6.07, 6.45) is 3.34. The van der Waals surface area contributed by atoms with Crippen molar-refractivity contribution < 1.29 is 51.4 Å². The number of pyridine rings is 1. The molecule has 2 aromatic heterocycles. The number of aromatic nitrogens is 3. The molecule has 17 nitrogen and oxygen atoms in total. The lowest BCUT2D eigenvalue weighted by Gasteiger charge is -2.44. The van der Waals surface area contributed by atoms with Crippen molar-refractivity contribution in [3.8, 4) is 28.1 Å². The predicted molar refractivity (Wildman–Crippen MR) is 257 cm³/mol. The van der Waals surface area contributed by atoms with Gasteiger partial charge in [0.1, 0.15) is 35.6 Å². The number of alkyl halides is 3. The van der Waals surface area contributed by atoms with Crippen LogP contribution in [0.4, 0.5) is 29.5 Å². The number of benzene rings is 2. The number of fused-ring (bicyclic) bond motifs is 1. The van der Waals surface area contributed by atoms with Gasteiger partial charge in [-0.1, -0.05) is 51.0 Å². The highest BCUT2D eigenvalue weighted by molar-refractivity contribution is 6.05. The molecule has 4 aliphatic rings. The minimum atomic E-state index is -5.05. The number of likely N-dealkylation sites (tertiary alicyclic amines) is 2. The van der Waals surface area contributed by atoms with Gasteiger partial charge in [0, 0.05) is 56.5 Å². The maximum atomic E-state index is 14.2. The van der Waals surface area contributed by atoms with Gasteiger partial charge in [-0.3, -0.25) is 19.2 Å². The van der Waals surface area contributed by atoms with E-state index in [2.05, 4.69) is 30.2 Å². The van der Waals surface area contributed by atoms with Crippen LogP contribution in [-0.2, 0) is 23.9 Å². The van der Waals surface area contributed by atoms with Crippen LogP contribution in [0, 0.1) is 11.8 Å². The minimum absolute atomic E-state index is 0.00725. The zero-order valence-corrected chi connectivity index (χ0v) is 40.9. The van der Waals surface area contributed by atoms with E-state index >= 15 is 0 Å². The van der Waals surface area contributed by atoms with Crippen molar-refractivity contribution in [1.82, 2.24) is 35.0 Å². The fourth-order valence-corrected chi connectivity index (χ4v) is 10.9. The number of ether oxygens (including phenoxy) is 3. The maximum Gasteiger partial charge on any atom is 0.573 e. The molecule has 6 atom stereocenters. The molecule has 71 heavy (non-hydrogen) atoms. The minimum Gasteiger partial charge on any atom is -0.453 e. The van der Waals surface area contributed by atoms with E-state index in [0.29, 0.717) is 66.8 Å². The van der Waals surface area contributed by atoms with Crippen molar-refractivity contribution in [3.63, 3.8) is 0 Å². The highest BCUT2D eigenvalue weighted by Crippen LogP contribution is 2.47. The summed E-state index contributed by atoms with van der Waals surface area (Å²) in [5.74, 6) is -0.424. The van der Waals surface area contributed by atoms with E-state index in [1.807, 2.05) is 32.6 Å². The summed E-state index contributed by atoms with van der Waals surface area (Å²) < 4.78 is 56.0. The molecule has 4 aromatic rings. The van der Waals surface area contributed by atoms with Crippen molar-refractivity contribution in [2.75, 3.05) is 57.2 Å². The summed E-state index contributed by atoms with van der Waals surface area (Å²) in [4.78, 5) is 86.6. The van der Waals surface area contributed by atoms with Crippen molar-refractivity contribution in [2.45, 2.75) is 109 Å². The number of H-pyrrole nitrogens is 1. The lowest BCUT2D eigenvalue weighted by atomic mass is 9.84. The summed E-state index contributed by atoms with van der Waals surface area (Å²) >= 11 is 0. The molecule has 0 radical (unpaired) electrons. The van der Waals surface area contributed by atoms with Gasteiger partial charge in [0.2, 0.25) is 17.7 Å². The first kappa shape index (κ1) is 50.7. The van der Waals surface area contributed by atoms with Gasteiger partial charge in [-0.05, 0) is 99.2 Å². The lowest BCUT2D eigenvalue weighted by Crippen LogP contribution is -2.62. The van der Waals surface area contributed by atoms with Crippen LogP contribution in [0.2, 0.25) is 0 Å².